The van der Waals surface area contributed by atoms with E-state index in [0.29, 0.717) is 13.1 Å². The van der Waals surface area contributed by atoms with Gasteiger partial charge in [0, 0.05) is 6.54 Å². The fourth-order valence-corrected chi connectivity index (χ4v) is 1.20. The maximum absolute atomic E-state index is 10.5. The van der Waals surface area contributed by atoms with Crippen LogP contribution >= 0.6 is 0 Å². The molecule has 0 saturated carbocycles. The standard InChI is InChI=1S/C8H11NO3/c1-2-5-12-7-3-4-9(6-7)8(10)11/h1,7H,3-6H2,(H,10,11)/t7-/m1/s1. The van der Waals surface area contributed by atoms with Gasteiger partial charge in [-0.15, -0.1) is 6.42 Å². The minimum Gasteiger partial charge on any atom is -0.465 e. The molecule has 1 fully saturated rings. The van der Waals surface area contributed by atoms with Gasteiger partial charge in [0.15, 0.2) is 0 Å². The Bertz CT molecular complexity index is 209. The number of hydrogen-bond acceptors (Lipinski definition) is 2. The Morgan fingerprint density at radius 1 is 1.83 bits per heavy atom. The van der Waals surface area contributed by atoms with Crippen LogP contribution in [0, 0.1) is 12.3 Å². The van der Waals surface area contributed by atoms with Crippen molar-refractivity contribution in [3.8, 4) is 12.3 Å². The molecular weight excluding hydrogens is 158 g/mol. The summed E-state index contributed by atoms with van der Waals surface area (Å²) in [4.78, 5) is 11.8. The van der Waals surface area contributed by atoms with Crippen molar-refractivity contribution in [2.75, 3.05) is 19.7 Å². The minimum absolute atomic E-state index is 0.0165. The summed E-state index contributed by atoms with van der Waals surface area (Å²) in [5.74, 6) is 2.35. The van der Waals surface area contributed by atoms with Gasteiger partial charge in [-0.05, 0) is 6.42 Å². The van der Waals surface area contributed by atoms with E-state index >= 15 is 0 Å². The van der Waals surface area contributed by atoms with Crippen molar-refractivity contribution in [1.82, 2.24) is 4.90 Å². The van der Waals surface area contributed by atoms with Gasteiger partial charge in [0.25, 0.3) is 0 Å². The van der Waals surface area contributed by atoms with Crippen molar-refractivity contribution in [3.63, 3.8) is 0 Å². The van der Waals surface area contributed by atoms with Crippen molar-refractivity contribution < 1.29 is 14.6 Å². The number of ether oxygens (including phenoxy) is 1. The molecule has 1 saturated heterocycles. The van der Waals surface area contributed by atoms with Gasteiger partial charge in [-0.2, -0.15) is 0 Å². The molecule has 0 aromatic rings. The molecule has 1 amide bonds. The molecule has 4 heteroatoms. The summed E-state index contributed by atoms with van der Waals surface area (Å²) >= 11 is 0. The Morgan fingerprint density at radius 3 is 3.08 bits per heavy atom. The molecule has 0 radical (unpaired) electrons. The summed E-state index contributed by atoms with van der Waals surface area (Å²) in [6.07, 6.45) is 4.84. The first-order valence-corrected chi connectivity index (χ1v) is 3.77. The van der Waals surface area contributed by atoms with Gasteiger partial charge in [-0.3, -0.25) is 0 Å². The zero-order valence-electron chi connectivity index (χ0n) is 6.69. The summed E-state index contributed by atoms with van der Waals surface area (Å²) in [5.41, 5.74) is 0. The molecule has 66 valence electrons. The average Bonchev–Trinajstić information content (AvgIpc) is 2.48. The van der Waals surface area contributed by atoms with Crippen LogP contribution < -0.4 is 0 Å². The summed E-state index contributed by atoms with van der Waals surface area (Å²) in [7, 11) is 0. The van der Waals surface area contributed by atoms with Crippen molar-refractivity contribution in [3.05, 3.63) is 0 Å². The van der Waals surface area contributed by atoms with E-state index < -0.39 is 6.09 Å². The molecule has 4 nitrogen and oxygen atoms in total. The van der Waals surface area contributed by atoms with Crippen LogP contribution in [0.4, 0.5) is 4.79 Å². The van der Waals surface area contributed by atoms with Gasteiger partial charge in [0.2, 0.25) is 0 Å². The molecule has 0 bridgehead atoms. The van der Waals surface area contributed by atoms with Crippen LogP contribution in [0.1, 0.15) is 6.42 Å². The predicted molar refractivity (Wildman–Crippen MR) is 42.8 cm³/mol. The van der Waals surface area contributed by atoms with Gasteiger partial charge >= 0.3 is 6.09 Å². The molecule has 0 spiro atoms. The fourth-order valence-electron chi connectivity index (χ4n) is 1.20. The van der Waals surface area contributed by atoms with Crippen LogP contribution in [0.15, 0.2) is 0 Å². The number of terminal acetylenes is 1. The van der Waals surface area contributed by atoms with Crippen LogP contribution in [0.3, 0.4) is 0 Å². The molecule has 1 heterocycles. The Kier molecular flexibility index (Phi) is 2.94. The largest absolute Gasteiger partial charge is 0.465 e. The van der Waals surface area contributed by atoms with Crippen LogP contribution in [-0.4, -0.2) is 41.9 Å². The molecule has 1 aliphatic heterocycles. The molecular formula is C8H11NO3. The Morgan fingerprint density at radius 2 is 2.58 bits per heavy atom. The van der Waals surface area contributed by atoms with Gasteiger partial charge in [-0.1, -0.05) is 5.92 Å². The highest BCUT2D eigenvalue weighted by Crippen LogP contribution is 2.11. The van der Waals surface area contributed by atoms with E-state index in [-0.39, 0.29) is 12.7 Å². The highest BCUT2D eigenvalue weighted by molar-refractivity contribution is 5.65. The summed E-state index contributed by atoms with van der Waals surface area (Å²) in [5, 5.41) is 8.59. The third-order valence-corrected chi connectivity index (χ3v) is 1.82. The minimum atomic E-state index is -0.887. The lowest BCUT2D eigenvalue weighted by atomic mass is 10.3. The zero-order chi connectivity index (χ0) is 8.97. The molecule has 1 rings (SSSR count). The number of hydrogen-bond donors (Lipinski definition) is 1. The van der Waals surface area contributed by atoms with Crippen LogP contribution in [0.25, 0.3) is 0 Å². The first-order chi connectivity index (χ1) is 5.74. The highest BCUT2D eigenvalue weighted by Gasteiger charge is 2.25. The summed E-state index contributed by atoms with van der Waals surface area (Å²) in [6.45, 7) is 1.25. The Balaban J connectivity index is 2.27. The van der Waals surface area contributed by atoms with Crippen molar-refractivity contribution in [2.45, 2.75) is 12.5 Å². The van der Waals surface area contributed by atoms with Crippen LogP contribution in [-0.2, 0) is 4.74 Å². The predicted octanol–water partition coefficient (Wildman–Crippen LogP) is 0.389. The normalized spacial score (nSPS) is 22.2. The van der Waals surface area contributed by atoms with Crippen molar-refractivity contribution in [2.24, 2.45) is 0 Å². The van der Waals surface area contributed by atoms with Crippen molar-refractivity contribution >= 4 is 6.09 Å². The van der Waals surface area contributed by atoms with E-state index in [9.17, 15) is 4.79 Å². The maximum atomic E-state index is 10.5. The SMILES string of the molecule is C#CCO[C@@H]1CCN(C(=O)O)C1. The number of amides is 1. The first kappa shape index (κ1) is 8.88. The van der Waals surface area contributed by atoms with E-state index in [1.54, 1.807) is 0 Å². The molecule has 0 aromatic carbocycles. The zero-order valence-corrected chi connectivity index (χ0v) is 6.69. The topological polar surface area (TPSA) is 49.8 Å². The quantitative estimate of drug-likeness (QED) is 0.608. The lowest BCUT2D eigenvalue weighted by Crippen LogP contribution is -2.28. The lowest BCUT2D eigenvalue weighted by molar-refractivity contribution is 0.0818. The van der Waals surface area contributed by atoms with Gasteiger partial charge in [0.1, 0.15) is 6.61 Å². The molecule has 1 aliphatic rings. The van der Waals surface area contributed by atoms with Gasteiger partial charge in [0.05, 0.1) is 12.6 Å². The van der Waals surface area contributed by atoms with E-state index in [1.165, 1.54) is 4.90 Å². The van der Waals surface area contributed by atoms with E-state index in [4.69, 9.17) is 16.3 Å². The van der Waals surface area contributed by atoms with E-state index in [1.807, 2.05) is 0 Å². The smallest absolute Gasteiger partial charge is 0.407 e. The number of likely N-dealkylation sites (tertiary alicyclic amines) is 1. The first-order valence-electron chi connectivity index (χ1n) is 3.77. The molecule has 12 heavy (non-hydrogen) atoms. The second-order valence-electron chi connectivity index (χ2n) is 2.65. The third kappa shape index (κ3) is 2.14. The van der Waals surface area contributed by atoms with Gasteiger partial charge in [-0.25, -0.2) is 4.79 Å². The molecule has 1 atom stereocenters. The summed E-state index contributed by atoms with van der Waals surface area (Å²) < 4.78 is 5.19. The number of carbonyl (C=O) groups is 1. The maximum Gasteiger partial charge on any atom is 0.407 e. The lowest BCUT2D eigenvalue weighted by Gasteiger charge is -2.11. The number of rotatable bonds is 2. The van der Waals surface area contributed by atoms with Crippen molar-refractivity contribution in [1.29, 1.82) is 0 Å². The second-order valence-corrected chi connectivity index (χ2v) is 2.65. The number of carboxylic acid groups (broad SMARTS) is 1. The van der Waals surface area contributed by atoms with Crippen LogP contribution in [0.5, 0.6) is 0 Å². The van der Waals surface area contributed by atoms with E-state index in [2.05, 4.69) is 5.92 Å². The molecule has 0 aliphatic carbocycles. The second kappa shape index (κ2) is 3.98. The van der Waals surface area contributed by atoms with Gasteiger partial charge < -0.3 is 14.7 Å². The van der Waals surface area contributed by atoms with Crippen LogP contribution in [0.2, 0.25) is 0 Å². The molecule has 0 unspecified atom stereocenters. The van der Waals surface area contributed by atoms with E-state index in [0.717, 1.165) is 6.42 Å². The monoisotopic (exact) mass is 169 g/mol. The summed E-state index contributed by atoms with van der Waals surface area (Å²) in [6, 6.07) is 0. The highest BCUT2D eigenvalue weighted by atomic mass is 16.5. The molecule has 0 aromatic heterocycles. The Labute approximate surface area is 71.1 Å². The molecule has 1 N–H and O–H groups in total. The average molecular weight is 169 g/mol. The Hall–Kier alpha value is -1.21. The fraction of sp³-hybridized carbons (Fsp3) is 0.625. The third-order valence-electron chi connectivity index (χ3n) is 1.82. The number of nitrogens with zero attached hydrogens (tertiary/aromatic N) is 1.